The van der Waals surface area contributed by atoms with Gasteiger partial charge in [0, 0.05) is 11.6 Å². The van der Waals surface area contributed by atoms with Gasteiger partial charge in [-0.2, -0.15) is 0 Å². The van der Waals surface area contributed by atoms with E-state index < -0.39 is 0 Å². The van der Waals surface area contributed by atoms with E-state index in [9.17, 15) is 4.79 Å². The minimum absolute atomic E-state index is 0.123. The van der Waals surface area contributed by atoms with Gasteiger partial charge in [-0.05, 0) is 6.07 Å². The molecule has 5 nitrogen and oxygen atoms in total. The van der Waals surface area contributed by atoms with E-state index in [4.69, 9.17) is 5.73 Å². The first-order chi connectivity index (χ1) is 8.79. The first-order valence-corrected chi connectivity index (χ1v) is 6.20. The van der Waals surface area contributed by atoms with Crippen molar-refractivity contribution in [3.63, 3.8) is 0 Å². The molecule has 0 aliphatic rings. The minimum Gasteiger partial charge on any atom is -0.347 e. The van der Waals surface area contributed by atoms with Crippen LogP contribution in [-0.4, -0.2) is 22.4 Å². The van der Waals surface area contributed by atoms with Crippen LogP contribution >= 0.6 is 11.3 Å². The van der Waals surface area contributed by atoms with E-state index in [2.05, 4.69) is 27.1 Å². The number of rotatable bonds is 3. The minimum atomic E-state index is -0.123. The second kappa shape index (κ2) is 6.00. The largest absolute Gasteiger partial charge is 0.347 e. The first kappa shape index (κ1) is 12.4. The van der Waals surface area contributed by atoms with Crippen molar-refractivity contribution in [1.29, 1.82) is 0 Å². The molecule has 0 atom stereocenters. The summed E-state index contributed by atoms with van der Waals surface area (Å²) in [4.78, 5) is 19.4. The summed E-state index contributed by atoms with van der Waals surface area (Å²) in [6.07, 6.45) is 3.25. The lowest BCUT2D eigenvalue weighted by Crippen LogP contribution is -2.22. The van der Waals surface area contributed by atoms with E-state index in [0.29, 0.717) is 18.7 Å². The van der Waals surface area contributed by atoms with Gasteiger partial charge in [0.25, 0.3) is 5.91 Å². The van der Waals surface area contributed by atoms with Crippen molar-refractivity contribution in [1.82, 2.24) is 15.3 Å². The van der Waals surface area contributed by atoms with Crippen LogP contribution in [0.4, 0.5) is 0 Å². The number of thiophene rings is 1. The van der Waals surface area contributed by atoms with E-state index in [1.807, 2.05) is 0 Å². The van der Waals surface area contributed by atoms with Crippen LogP contribution in [0.5, 0.6) is 0 Å². The van der Waals surface area contributed by atoms with Crippen molar-refractivity contribution in [3.05, 3.63) is 40.1 Å². The summed E-state index contributed by atoms with van der Waals surface area (Å²) in [5.74, 6) is 5.53. The molecular weight excluding hydrogens is 248 g/mol. The number of nitrogens with one attached hydrogen (secondary N) is 2. The van der Waals surface area contributed by atoms with Gasteiger partial charge in [0.1, 0.15) is 0 Å². The van der Waals surface area contributed by atoms with E-state index in [-0.39, 0.29) is 5.91 Å². The Hall–Kier alpha value is -2.10. The van der Waals surface area contributed by atoms with E-state index in [1.54, 1.807) is 24.0 Å². The molecule has 4 N–H and O–H groups in total. The Bertz CT molecular complexity index is 577. The van der Waals surface area contributed by atoms with Crippen LogP contribution in [0.15, 0.2) is 24.0 Å². The highest BCUT2D eigenvalue weighted by molar-refractivity contribution is 7.10. The molecule has 2 heterocycles. The van der Waals surface area contributed by atoms with Crippen molar-refractivity contribution in [2.24, 2.45) is 5.73 Å². The van der Waals surface area contributed by atoms with Gasteiger partial charge >= 0.3 is 0 Å². The molecule has 0 aliphatic heterocycles. The highest BCUT2D eigenvalue weighted by Crippen LogP contribution is 2.13. The normalized spacial score (nSPS) is 9.61. The molecule has 0 saturated carbocycles. The number of aromatic nitrogens is 2. The van der Waals surface area contributed by atoms with E-state index in [0.717, 1.165) is 10.6 Å². The fourth-order valence-corrected chi connectivity index (χ4v) is 2.07. The molecule has 2 rings (SSSR count). The van der Waals surface area contributed by atoms with E-state index >= 15 is 0 Å². The third kappa shape index (κ3) is 3.20. The Morgan fingerprint density at radius 1 is 1.61 bits per heavy atom. The molecule has 0 radical (unpaired) electrons. The number of aromatic amines is 1. The molecule has 0 unspecified atom stereocenters. The zero-order valence-electron chi connectivity index (χ0n) is 9.56. The summed E-state index contributed by atoms with van der Waals surface area (Å²) in [7, 11) is 0. The third-order valence-electron chi connectivity index (χ3n) is 2.17. The molecule has 0 spiro atoms. The molecule has 0 aliphatic carbocycles. The zero-order valence-corrected chi connectivity index (χ0v) is 10.4. The number of H-pyrrole nitrogens is 1. The van der Waals surface area contributed by atoms with Gasteiger partial charge in [-0.3, -0.25) is 4.79 Å². The fraction of sp³-hybridized carbons (Fsp3) is 0.167. The van der Waals surface area contributed by atoms with Crippen molar-refractivity contribution in [2.75, 3.05) is 6.54 Å². The van der Waals surface area contributed by atoms with Crippen LogP contribution in [0, 0.1) is 11.8 Å². The van der Waals surface area contributed by atoms with Gasteiger partial charge in [0.05, 0.1) is 35.6 Å². The van der Waals surface area contributed by atoms with Crippen LogP contribution < -0.4 is 11.1 Å². The van der Waals surface area contributed by atoms with Crippen molar-refractivity contribution < 1.29 is 4.79 Å². The second-order valence-corrected chi connectivity index (χ2v) is 4.38. The van der Waals surface area contributed by atoms with Gasteiger partial charge in [-0.25, -0.2) is 4.98 Å². The summed E-state index contributed by atoms with van der Waals surface area (Å²) in [6.45, 7) is 0.748. The van der Waals surface area contributed by atoms with Gasteiger partial charge < -0.3 is 16.0 Å². The van der Waals surface area contributed by atoms with Crippen LogP contribution in [0.3, 0.4) is 0 Å². The Morgan fingerprint density at radius 3 is 3.22 bits per heavy atom. The summed E-state index contributed by atoms with van der Waals surface area (Å²) in [6, 6.07) is 1.76. The molecule has 2 aromatic heterocycles. The molecule has 18 heavy (non-hydrogen) atoms. The fourth-order valence-electron chi connectivity index (χ4n) is 1.32. The maximum atomic E-state index is 11.8. The van der Waals surface area contributed by atoms with Crippen molar-refractivity contribution in [2.45, 2.75) is 6.54 Å². The highest BCUT2D eigenvalue weighted by atomic mass is 32.1. The van der Waals surface area contributed by atoms with Crippen molar-refractivity contribution >= 4 is 17.2 Å². The standard InChI is InChI=1S/C12H12N4OS/c13-3-1-2-11-4-9(7-18-11)12(17)15-6-10-5-14-8-16-10/h4-5,7-8H,3,6,13H2,(H,14,16)(H,15,17). The lowest BCUT2D eigenvalue weighted by Gasteiger charge is -2.00. The summed E-state index contributed by atoms with van der Waals surface area (Å²) in [5.41, 5.74) is 6.76. The number of hydrogen-bond donors (Lipinski definition) is 3. The molecule has 6 heteroatoms. The third-order valence-corrected chi connectivity index (χ3v) is 3.02. The first-order valence-electron chi connectivity index (χ1n) is 5.32. The lowest BCUT2D eigenvalue weighted by atomic mass is 10.3. The molecule has 0 bridgehead atoms. The molecule has 92 valence electrons. The summed E-state index contributed by atoms with van der Waals surface area (Å²) in [5, 5.41) is 4.57. The lowest BCUT2D eigenvalue weighted by molar-refractivity contribution is 0.0951. The topological polar surface area (TPSA) is 83.8 Å². The Balaban J connectivity index is 1.94. The number of nitrogens with zero attached hydrogens (tertiary/aromatic N) is 1. The number of carbonyl (C=O) groups is 1. The Kier molecular flexibility index (Phi) is 4.12. The summed E-state index contributed by atoms with van der Waals surface area (Å²) >= 11 is 1.43. The Labute approximate surface area is 108 Å². The molecule has 0 fully saturated rings. The smallest absolute Gasteiger partial charge is 0.252 e. The number of hydrogen-bond acceptors (Lipinski definition) is 4. The molecule has 0 saturated heterocycles. The quantitative estimate of drug-likeness (QED) is 0.711. The molecule has 0 aromatic carbocycles. The number of imidazole rings is 1. The summed E-state index contributed by atoms with van der Waals surface area (Å²) < 4.78 is 0. The SMILES string of the molecule is NCC#Cc1cc(C(=O)NCc2cnc[nH]2)cs1. The maximum absolute atomic E-state index is 11.8. The molecule has 2 aromatic rings. The molecular formula is C12H12N4OS. The van der Waals surface area contributed by atoms with Gasteiger partial charge in [-0.15, -0.1) is 11.3 Å². The number of carbonyl (C=O) groups excluding carboxylic acids is 1. The average Bonchev–Trinajstić information content (AvgIpc) is 3.04. The number of amides is 1. The van der Waals surface area contributed by atoms with E-state index in [1.165, 1.54) is 11.3 Å². The predicted octanol–water partition coefficient (Wildman–Crippen LogP) is 0.711. The zero-order chi connectivity index (χ0) is 12.8. The van der Waals surface area contributed by atoms with Crippen molar-refractivity contribution in [3.8, 4) is 11.8 Å². The number of nitrogens with two attached hydrogens (primary N) is 1. The predicted molar refractivity (Wildman–Crippen MR) is 70.0 cm³/mol. The van der Waals surface area contributed by atoms with Gasteiger partial charge in [-0.1, -0.05) is 11.8 Å². The average molecular weight is 260 g/mol. The molecule has 1 amide bonds. The monoisotopic (exact) mass is 260 g/mol. The second-order valence-electron chi connectivity index (χ2n) is 3.47. The van der Waals surface area contributed by atoms with Crippen LogP contribution in [0.25, 0.3) is 0 Å². The highest BCUT2D eigenvalue weighted by Gasteiger charge is 2.07. The maximum Gasteiger partial charge on any atom is 0.252 e. The van der Waals surface area contributed by atoms with Gasteiger partial charge in [0.15, 0.2) is 0 Å². The van der Waals surface area contributed by atoms with Crippen LogP contribution in [0.1, 0.15) is 20.9 Å². The van der Waals surface area contributed by atoms with Crippen LogP contribution in [-0.2, 0) is 6.54 Å². The van der Waals surface area contributed by atoms with Gasteiger partial charge in [0.2, 0.25) is 0 Å². The Morgan fingerprint density at radius 2 is 2.50 bits per heavy atom. The van der Waals surface area contributed by atoms with Crippen LogP contribution in [0.2, 0.25) is 0 Å².